The fourth-order valence-corrected chi connectivity index (χ4v) is 1.96. The van der Waals surface area contributed by atoms with Crippen molar-refractivity contribution in [2.45, 2.75) is 26.8 Å². The molecule has 0 saturated carbocycles. The van der Waals surface area contributed by atoms with Crippen molar-refractivity contribution in [1.82, 2.24) is 15.3 Å². The maximum Gasteiger partial charge on any atom is 0.267 e. The van der Waals surface area contributed by atoms with Crippen molar-refractivity contribution >= 4 is 21.7 Å². The lowest BCUT2D eigenvalue weighted by molar-refractivity contribution is 0.582. The molecule has 0 aliphatic carbocycles. The highest BCUT2D eigenvalue weighted by Crippen LogP contribution is 2.17. The third-order valence-corrected chi connectivity index (χ3v) is 3.11. The summed E-state index contributed by atoms with van der Waals surface area (Å²) in [7, 11) is 0. The average Bonchev–Trinajstić information content (AvgIpc) is 2.28. The summed E-state index contributed by atoms with van der Waals surface area (Å²) in [4.78, 5) is 20.3. The first-order valence-electron chi connectivity index (χ1n) is 5.77. The van der Waals surface area contributed by atoms with Gasteiger partial charge < -0.3 is 15.2 Å². The number of likely N-dealkylation sites (N-methyl/N-ethyl adjacent to an activating group) is 1. The van der Waals surface area contributed by atoms with Crippen molar-refractivity contribution in [1.29, 1.82) is 0 Å². The van der Waals surface area contributed by atoms with Gasteiger partial charge in [-0.3, -0.25) is 4.79 Å². The van der Waals surface area contributed by atoms with Gasteiger partial charge in [0.05, 0.1) is 6.33 Å². The number of nitrogens with zero attached hydrogens (tertiary/aromatic N) is 2. The van der Waals surface area contributed by atoms with Gasteiger partial charge in [-0.05, 0) is 22.9 Å². The molecule has 1 aromatic rings. The van der Waals surface area contributed by atoms with Crippen LogP contribution in [0.5, 0.6) is 0 Å². The molecule has 1 aromatic heterocycles. The van der Waals surface area contributed by atoms with Crippen LogP contribution in [0.25, 0.3) is 0 Å². The molecule has 6 heteroatoms. The van der Waals surface area contributed by atoms with Crippen LogP contribution in [0.3, 0.4) is 0 Å². The lowest BCUT2D eigenvalue weighted by Crippen LogP contribution is -2.36. The quantitative estimate of drug-likeness (QED) is 0.833. The van der Waals surface area contributed by atoms with Crippen LogP contribution in [0.15, 0.2) is 15.6 Å². The van der Waals surface area contributed by atoms with E-state index in [4.69, 9.17) is 0 Å². The first-order valence-corrected chi connectivity index (χ1v) is 6.57. The molecule has 0 spiro atoms. The van der Waals surface area contributed by atoms with Gasteiger partial charge in [0.15, 0.2) is 0 Å². The zero-order valence-corrected chi connectivity index (χ0v) is 12.0. The van der Waals surface area contributed by atoms with Crippen LogP contribution >= 0.6 is 15.9 Å². The third kappa shape index (κ3) is 4.12. The van der Waals surface area contributed by atoms with Crippen LogP contribution in [0.4, 0.5) is 5.82 Å². The zero-order chi connectivity index (χ0) is 12.8. The molecule has 0 fully saturated rings. The molecule has 1 rings (SSSR count). The lowest BCUT2D eigenvalue weighted by Gasteiger charge is -2.23. The Morgan fingerprint density at radius 3 is 2.88 bits per heavy atom. The molecule has 0 bridgehead atoms. The summed E-state index contributed by atoms with van der Waals surface area (Å²) < 4.78 is 0.492. The van der Waals surface area contributed by atoms with Gasteiger partial charge in [-0.25, -0.2) is 4.98 Å². The fourth-order valence-electron chi connectivity index (χ4n) is 1.50. The Bertz CT molecular complexity index is 405. The van der Waals surface area contributed by atoms with Crippen LogP contribution in [0, 0.1) is 0 Å². The highest BCUT2D eigenvalue weighted by molar-refractivity contribution is 9.10. The normalized spacial score (nSPS) is 10.9. The molecular weight excluding hydrogens is 284 g/mol. The van der Waals surface area contributed by atoms with Crippen LogP contribution < -0.4 is 15.8 Å². The summed E-state index contributed by atoms with van der Waals surface area (Å²) in [6.07, 6.45) is 1.43. The van der Waals surface area contributed by atoms with Gasteiger partial charge in [-0.1, -0.05) is 13.8 Å². The lowest BCUT2D eigenvalue weighted by atomic mass is 10.4. The first-order chi connectivity index (χ1) is 8.06. The van der Waals surface area contributed by atoms with Crippen LogP contribution in [-0.2, 0) is 0 Å². The molecule has 0 aliphatic heterocycles. The molecule has 2 N–H and O–H groups in total. The second kappa shape index (κ2) is 6.76. The topological polar surface area (TPSA) is 61.0 Å². The Morgan fingerprint density at radius 1 is 1.59 bits per heavy atom. The van der Waals surface area contributed by atoms with Crippen LogP contribution in [0.2, 0.25) is 0 Å². The van der Waals surface area contributed by atoms with E-state index in [0.29, 0.717) is 16.3 Å². The number of nitrogens with one attached hydrogen (secondary N) is 2. The van der Waals surface area contributed by atoms with E-state index in [-0.39, 0.29) is 5.56 Å². The van der Waals surface area contributed by atoms with Gasteiger partial charge in [-0.15, -0.1) is 0 Å². The van der Waals surface area contributed by atoms with Crippen LogP contribution in [0.1, 0.15) is 20.8 Å². The van der Waals surface area contributed by atoms with Crippen molar-refractivity contribution in [3.05, 3.63) is 21.2 Å². The van der Waals surface area contributed by atoms with Gasteiger partial charge in [0.25, 0.3) is 5.56 Å². The molecular formula is C11H19BrN4O. The van der Waals surface area contributed by atoms with E-state index >= 15 is 0 Å². The molecule has 0 atom stereocenters. The minimum absolute atomic E-state index is 0.148. The number of anilines is 1. The minimum atomic E-state index is -0.148. The monoisotopic (exact) mass is 302 g/mol. The minimum Gasteiger partial charge on any atom is -0.354 e. The number of hydrogen-bond donors (Lipinski definition) is 2. The molecule has 0 unspecified atom stereocenters. The molecule has 0 amide bonds. The maximum absolute atomic E-state index is 11.5. The van der Waals surface area contributed by atoms with Gasteiger partial charge in [-0.2, -0.15) is 0 Å². The predicted octanol–water partition coefficient (Wildman–Crippen LogP) is 1.36. The Balaban J connectivity index is 2.73. The molecule has 5 nitrogen and oxygen atoms in total. The number of rotatable bonds is 6. The summed E-state index contributed by atoms with van der Waals surface area (Å²) in [5.41, 5.74) is -0.148. The number of hydrogen-bond acceptors (Lipinski definition) is 4. The molecule has 0 saturated heterocycles. The number of aromatic nitrogens is 2. The maximum atomic E-state index is 11.5. The van der Waals surface area contributed by atoms with E-state index in [2.05, 4.69) is 50.0 Å². The Morgan fingerprint density at radius 2 is 2.29 bits per heavy atom. The summed E-state index contributed by atoms with van der Waals surface area (Å²) in [5.74, 6) is 0.696. The Kier molecular flexibility index (Phi) is 5.64. The SMILES string of the molecule is CCN(CCNC(C)C)c1nc[nH]c(=O)c1Br. The van der Waals surface area contributed by atoms with Crippen molar-refractivity contribution in [2.24, 2.45) is 0 Å². The van der Waals surface area contributed by atoms with E-state index in [0.717, 1.165) is 19.6 Å². The van der Waals surface area contributed by atoms with E-state index in [1.807, 2.05) is 6.92 Å². The van der Waals surface area contributed by atoms with Crippen molar-refractivity contribution in [2.75, 3.05) is 24.5 Å². The fraction of sp³-hybridized carbons (Fsp3) is 0.636. The van der Waals surface area contributed by atoms with E-state index in [1.165, 1.54) is 6.33 Å². The number of H-pyrrole nitrogens is 1. The molecule has 96 valence electrons. The smallest absolute Gasteiger partial charge is 0.267 e. The van der Waals surface area contributed by atoms with Gasteiger partial charge >= 0.3 is 0 Å². The van der Waals surface area contributed by atoms with Gasteiger partial charge in [0.1, 0.15) is 10.3 Å². The molecule has 0 radical (unpaired) electrons. The van der Waals surface area contributed by atoms with E-state index < -0.39 is 0 Å². The second-order valence-corrected chi connectivity index (χ2v) is 4.85. The average molecular weight is 303 g/mol. The van der Waals surface area contributed by atoms with Gasteiger partial charge in [0, 0.05) is 25.7 Å². The summed E-state index contributed by atoms with van der Waals surface area (Å²) in [6, 6.07) is 0.462. The van der Waals surface area contributed by atoms with Crippen LogP contribution in [-0.4, -0.2) is 35.6 Å². The summed E-state index contributed by atoms with van der Waals surface area (Å²) in [6.45, 7) is 8.77. The predicted molar refractivity (Wildman–Crippen MR) is 73.6 cm³/mol. The molecule has 0 aliphatic rings. The Hall–Kier alpha value is -0.880. The molecule has 17 heavy (non-hydrogen) atoms. The van der Waals surface area contributed by atoms with E-state index in [1.54, 1.807) is 0 Å². The van der Waals surface area contributed by atoms with Crippen molar-refractivity contribution in [3.63, 3.8) is 0 Å². The first kappa shape index (κ1) is 14.2. The van der Waals surface area contributed by atoms with Crippen molar-refractivity contribution in [3.8, 4) is 0 Å². The number of halogens is 1. The summed E-state index contributed by atoms with van der Waals surface area (Å²) in [5, 5.41) is 3.34. The largest absolute Gasteiger partial charge is 0.354 e. The second-order valence-electron chi connectivity index (χ2n) is 4.06. The van der Waals surface area contributed by atoms with Crippen molar-refractivity contribution < 1.29 is 0 Å². The zero-order valence-electron chi connectivity index (χ0n) is 10.5. The van der Waals surface area contributed by atoms with E-state index in [9.17, 15) is 4.79 Å². The standard InChI is InChI=1S/C11H19BrN4O/c1-4-16(6-5-13-8(2)3)10-9(12)11(17)15-7-14-10/h7-8,13H,4-6H2,1-3H3,(H,14,15,17). The molecule has 1 heterocycles. The van der Waals surface area contributed by atoms with Gasteiger partial charge in [0.2, 0.25) is 0 Å². The Labute approximate surface area is 110 Å². The summed E-state index contributed by atoms with van der Waals surface area (Å²) >= 11 is 3.27. The molecule has 0 aromatic carbocycles. The highest BCUT2D eigenvalue weighted by Gasteiger charge is 2.12. The number of aromatic amines is 1. The highest BCUT2D eigenvalue weighted by atomic mass is 79.9. The third-order valence-electron chi connectivity index (χ3n) is 2.39.